The van der Waals surface area contributed by atoms with Crippen LogP contribution in [0.15, 0.2) is 24.3 Å². The fourth-order valence-corrected chi connectivity index (χ4v) is 1.74. The lowest BCUT2D eigenvalue weighted by Crippen LogP contribution is -1.98. The highest BCUT2D eigenvalue weighted by Gasteiger charge is 1.97. The number of carbonyl (C=O) groups excluding carboxylic acids is 1. The van der Waals surface area contributed by atoms with Crippen molar-refractivity contribution < 1.29 is 9.53 Å². The van der Waals surface area contributed by atoms with Gasteiger partial charge in [0, 0.05) is 6.92 Å². The van der Waals surface area contributed by atoms with Crippen molar-refractivity contribution in [3.8, 4) is 0 Å². The average Bonchev–Trinajstić information content (AvgIpc) is 2.33. The second-order valence-electron chi connectivity index (χ2n) is 4.41. The van der Waals surface area contributed by atoms with Gasteiger partial charge >= 0.3 is 5.97 Å². The van der Waals surface area contributed by atoms with E-state index < -0.39 is 0 Å². The summed E-state index contributed by atoms with van der Waals surface area (Å²) >= 11 is 0. The van der Waals surface area contributed by atoms with Crippen LogP contribution in [0, 0.1) is 0 Å². The Morgan fingerprint density at radius 1 is 1.06 bits per heavy atom. The van der Waals surface area contributed by atoms with E-state index in [1.165, 1.54) is 38.2 Å². The second-order valence-corrected chi connectivity index (χ2v) is 4.41. The van der Waals surface area contributed by atoms with E-state index >= 15 is 0 Å². The Kier molecular flexibility index (Phi) is 6.38. The van der Waals surface area contributed by atoms with E-state index in [2.05, 4.69) is 19.1 Å². The Labute approximate surface area is 104 Å². The number of benzene rings is 1. The molecule has 17 heavy (non-hydrogen) atoms. The van der Waals surface area contributed by atoms with Gasteiger partial charge in [-0.25, -0.2) is 0 Å². The SMILES string of the molecule is CCCCCCc1ccc(COC(C)=O)cc1. The third-order valence-electron chi connectivity index (χ3n) is 2.78. The maximum atomic E-state index is 10.7. The minimum absolute atomic E-state index is 0.228. The molecule has 0 spiro atoms. The van der Waals surface area contributed by atoms with Crippen LogP contribution in [0.3, 0.4) is 0 Å². The number of hydrogen-bond acceptors (Lipinski definition) is 2. The molecule has 0 aromatic heterocycles. The molecule has 0 aliphatic rings. The summed E-state index contributed by atoms with van der Waals surface area (Å²) in [6.45, 7) is 4.04. The van der Waals surface area contributed by atoms with Crippen molar-refractivity contribution in [2.45, 2.75) is 52.6 Å². The minimum atomic E-state index is -0.228. The fraction of sp³-hybridized carbons (Fsp3) is 0.533. The van der Waals surface area contributed by atoms with Crippen molar-refractivity contribution in [1.82, 2.24) is 0 Å². The highest BCUT2D eigenvalue weighted by atomic mass is 16.5. The summed E-state index contributed by atoms with van der Waals surface area (Å²) in [5.41, 5.74) is 2.42. The molecule has 1 aromatic carbocycles. The van der Waals surface area contributed by atoms with Crippen LogP contribution in [0.2, 0.25) is 0 Å². The molecule has 0 radical (unpaired) electrons. The molecule has 0 aliphatic heterocycles. The first kappa shape index (κ1) is 13.8. The summed E-state index contributed by atoms with van der Waals surface area (Å²) < 4.78 is 4.94. The van der Waals surface area contributed by atoms with Gasteiger partial charge in [-0.1, -0.05) is 50.5 Å². The summed E-state index contributed by atoms with van der Waals surface area (Å²) in [5.74, 6) is -0.228. The van der Waals surface area contributed by atoms with E-state index in [4.69, 9.17) is 4.74 Å². The number of rotatable bonds is 7. The first-order valence-corrected chi connectivity index (χ1v) is 6.43. The van der Waals surface area contributed by atoms with E-state index in [0.29, 0.717) is 6.61 Å². The molecule has 0 heterocycles. The Bertz CT molecular complexity index is 327. The predicted molar refractivity (Wildman–Crippen MR) is 69.8 cm³/mol. The third-order valence-corrected chi connectivity index (χ3v) is 2.78. The lowest BCUT2D eigenvalue weighted by molar-refractivity contribution is -0.142. The fourth-order valence-electron chi connectivity index (χ4n) is 1.74. The van der Waals surface area contributed by atoms with Crippen LogP contribution in [-0.4, -0.2) is 5.97 Å². The van der Waals surface area contributed by atoms with Gasteiger partial charge in [0.05, 0.1) is 0 Å². The van der Waals surface area contributed by atoms with E-state index in [1.54, 1.807) is 0 Å². The van der Waals surface area contributed by atoms with Gasteiger partial charge in [-0.3, -0.25) is 4.79 Å². The predicted octanol–water partition coefficient (Wildman–Crippen LogP) is 3.87. The largest absolute Gasteiger partial charge is 0.461 e. The molecule has 0 saturated carbocycles. The topological polar surface area (TPSA) is 26.3 Å². The van der Waals surface area contributed by atoms with Crippen molar-refractivity contribution in [2.24, 2.45) is 0 Å². The quantitative estimate of drug-likeness (QED) is 0.529. The minimum Gasteiger partial charge on any atom is -0.461 e. The first-order chi connectivity index (χ1) is 8.22. The highest BCUT2D eigenvalue weighted by molar-refractivity contribution is 5.65. The molecule has 0 amide bonds. The number of esters is 1. The van der Waals surface area contributed by atoms with Crippen LogP contribution in [0.25, 0.3) is 0 Å². The van der Waals surface area contributed by atoms with E-state index in [1.807, 2.05) is 12.1 Å². The van der Waals surface area contributed by atoms with Gasteiger partial charge in [0.15, 0.2) is 0 Å². The molecule has 2 heteroatoms. The number of ether oxygens (including phenoxy) is 1. The number of aryl methyl sites for hydroxylation is 1. The maximum absolute atomic E-state index is 10.7. The molecule has 0 fully saturated rings. The Morgan fingerprint density at radius 3 is 2.29 bits per heavy atom. The van der Waals surface area contributed by atoms with Gasteiger partial charge in [0.25, 0.3) is 0 Å². The molecule has 1 rings (SSSR count). The van der Waals surface area contributed by atoms with Crippen molar-refractivity contribution >= 4 is 5.97 Å². The van der Waals surface area contributed by atoms with Crippen molar-refractivity contribution in [3.05, 3.63) is 35.4 Å². The van der Waals surface area contributed by atoms with Crippen LogP contribution < -0.4 is 0 Å². The Hall–Kier alpha value is -1.31. The van der Waals surface area contributed by atoms with Crippen LogP contribution in [0.4, 0.5) is 0 Å². The van der Waals surface area contributed by atoms with Gasteiger partial charge < -0.3 is 4.74 Å². The zero-order chi connectivity index (χ0) is 12.5. The zero-order valence-electron chi connectivity index (χ0n) is 10.9. The summed E-state index contributed by atoms with van der Waals surface area (Å²) in [4.78, 5) is 10.7. The number of unbranched alkanes of at least 4 members (excludes halogenated alkanes) is 3. The smallest absolute Gasteiger partial charge is 0.302 e. The molecule has 1 aromatic rings. The summed E-state index contributed by atoms with van der Waals surface area (Å²) in [7, 11) is 0. The van der Waals surface area contributed by atoms with Gasteiger partial charge in [-0.2, -0.15) is 0 Å². The van der Waals surface area contributed by atoms with Crippen molar-refractivity contribution in [2.75, 3.05) is 0 Å². The maximum Gasteiger partial charge on any atom is 0.302 e. The molecule has 0 aliphatic carbocycles. The van der Waals surface area contributed by atoms with Crippen LogP contribution in [0.5, 0.6) is 0 Å². The first-order valence-electron chi connectivity index (χ1n) is 6.43. The lowest BCUT2D eigenvalue weighted by atomic mass is 10.0. The Morgan fingerprint density at radius 2 is 1.71 bits per heavy atom. The monoisotopic (exact) mass is 234 g/mol. The van der Waals surface area contributed by atoms with Gasteiger partial charge in [0.2, 0.25) is 0 Å². The lowest BCUT2D eigenvalue weighted by Gasteiger charge is -2.04. The van der Waals surface area contributed by atoms with Crippen LogP contribution in [-0.2, 0) is 22.6 Å². The zero-order valence-corrected chi connectivity index (χ0v) is 10.9. The Balaban J connectivity index is 2.31. The summed E-state index contributed by atoms with van der Waals surface area (Å²) in [6.07, 6.45) is 6.32. The highest BCUT2D eigenvalue weighted by Crippen LogP contribution is 2.10. The molecule has 0 bridgehead atoms. The molecule has 94 valence electrons. The molecular formula is C15H22O2. The molecule has 0 N–H and O–H groups in total. The van der Waals surface area contributed by atoms with Crippen molar-refractivity contribution in [3.63, 3.8) is 0 Å². The summed E-state index contributed by atoms with van der Waals surface area (Å²) in [5, 5.41) is 0. The molecule has 0 unspecified atom stereocenters. The average molecular weight is 234 g/mol. The molecule has 2 nitrogen and oxygen atoms in total. The van der Waals surface area contributed by atoms with Crippen molar-refractivity contribution in [1.29, 1.82) is 0 Å². The van der Waals surface area contributed by atoms with E-state index in [-0.39, 0.29) is 5.97 Å². The van der Waals surface area contributed by atoms with Gasteiger partial charge in [-0.05, 0) is 24.0 Å². The van der Waals surface area contributed by atoms with Gasteiger partial charge in [0.1, 0.15) is 6.61 Å². The molecule has 0 atom stereocenters. The normalized spacial score (nSPS) is 10.2. The second kappa shape index (κ2) is 7.88. The number of carbonyl (C=O) groups is 1. The van der Waals surface area contributed by atoms with Crippen LogP contribution in [0.1, 0.15) is 50.7 Å². The standard InChI is InChI=1S/C15H22O2/c1-3-4-5-6-7-14-8-10-15(11-9-14)12-17-13(2)16/h8-11H,3-7,12H2,1-2H3. The van der Waals surface area contributed by atoms with E-state index in [9.17, 15) is 4.79 Å². The molecule has 0 saturated heterocycles. The van der Waals surface area contributed by atoms with Crippen LogP contribution >= 0.6 is 0 Å². The summed E-state index contributed by atoms with van der Waals surface area (Å²) in [6, 6.07) is 8.34. The van der Waals surface area contributed by atoms with E-state index in [0.717, 1.165) is 12.0 Å². The molecular weight excluding hydrogens is 212 g/mol. The third kappa shape index (κ3) is 6.10. The van der Waals surface area contributed by atoms with Gasteiger partial charge in [-0.15, -0.1) is 0 Å². The number of hydrogen-bond donors (Lipinski definition) is 0.